The molecule has 2 unspecified atom stereocenters. The first-order chi connectivity index (χ1) is 8.18. The summed E-state index contributed by atoms with van der Waals surface area (Å²) in [5.74, 6) is -4.12. The third-order valence-corrected chi connectivity index (χ3v) is 2.98. The van der Waals surface area contributed by atoms with E-state index < -0.39 is 30.2 Å². The van der Waals surface area contributed by atoms with Crippen molar-refractivity contribution in [2.75, 3.05) is 19.8 Å². The molecule has 1 aliphatic rings. The van der Waals surface area contributed by atoms with E-state index in [0.29, 0.717) is 0 Å². The zero-order chi connectivity index (χ0) is 14.0. The second-order valence-electron chi connectivity index (χ2n) is 4.27. The summed E-state index contributed by atoms with van der Waals surface area (Å²) in [6.45, 7) is 1.66. The van der Waals surface area contributed by atoms with Crippen LogP contribution in [0.5, 0.6) is 0 Å². The molecule has 1 N–H and O–H groups in total. The number of hydrogen-bond acceptors (Lipinski definition) is 2. The van der Waals surface area contributed by atoms with Crippen LogP contribution in [-0.2, 0) is 4.74 Å². The topological polar surface area (TPSA) is 21.3 Å². The van der Waals surface area contributed by atoms with Gasteiger partial charge in [-0.2, -0.15) is 26.3 Å². The van der Waals surface area contributed by atoms with Crippen molar-refractivity contribution >= 4 is 0 Å². The summed E-state index contributed by atoms with van der Waals surface area (Å²) >= 11 is 0. The normalized spacial score (nSPS) is 23.7. The number of hydrogen-bond donors (Lipinski definition) is 1. The van der Waals surface area contributed by atoms with Crippen molar-refractivity contribution in [1.29, 1.82) is 0 Å². The van der Waals surface area contributed by atoms with E-state index >= 15 is 0 Å². The van der Waals surface area contributed by atoms with Gasteiger partial charge in [-0.15, -0.1) is 0 Å². The third-order valence-electron chi connectivity index (χ3n) is 2.98. The number of nitrogens with one attached hydrogen (secondary N) is 1. The van der Waals surface area contributed by atoms with Crippen LogP contribution in [0, 0.1) is 11.8 Å². The van der Waals surface area contributed by atoms with E-state index in [2.05, 4.69) is 5.32 Å². The van der Waals surface area contributed by atoms with Gasteiger partial charge in [-0.3, -0.25) is 0 Å². The Morgan fingerprint density at radius 2 is 1.72 bits per heavy atom. The molecular weight excluding hydrogens is 264 g/mol. The van der Waals surface area contributed by atoms with Crippen LogP contribution in [-0.4, -0.2) is 38.2 Å². The fourth-order valence-corrected chi connectivity index (χ4v) is 2.22. The molecular formula is C10H15F6NO. The molecule has 8 heteroatoms. The molecule has 1 aliphatic heterocycles. The zero-order valence-electron chi connectivity index (χ0n) is 9.74. The van der Waals surface area contributed by atoms with Gasteiger partial charge in [0.25, 0.3) is 0 Å². The molecule has 1 rings (SSSR count). The van der Waals surface area contributed by atoms with Crippen molar-refractivity contribution < 1.29 is 31.1 Å². The molecule has 108 valence electrons. The largest absolute Gasteiger partial charge is 0.402 e. The molecule has 1 fully saturated rings. The maximum Gasteiger partial charge on any atom is 0.402 e. The lowest BCUT2D eigenvalue weighted by atomic mass is 9.86. The molecule has 0 aromatic heterocycles. The van der Waals surface area contributed by atoms with Crippen molar-refractivity contribution in [3.05, 3.63) is 0 Å². The van der Waals surface area contributed by atoms with Crippen molar-refractivity contribution in [2.45, 2.75) is 31.7 Å². The highest BCUT2D eigenvalue weighted by molar-refractivity contribution is 4.92. The minimum Gasteiger partial charge on any atom is -0.381 e. The third kappa shape index (κ3) is 3.74. The van der Waals surface area contributed by atoms with Gasteiger partial charge in [0.2, 0.25) is 0 Å². The van der Waals surface area contributed by atoms with Crippen molar-refractivity contribution in [3.63, 3.8) is 0 Å². The zero-order valence-corrected chi connectivity index (χ0v) is 9.74. The van der Waals surface area contributed by atoms with Crippen molar-refractivity contribution in [3.8, 4) is 0 Å². The highest BCUT2D eigenvalue weighted by atomic mass is 19.4. The summed E-state index contributed by atoms with van der Waals surface area (Å²) in [6.07, 6.45) is -10.4. The molecule has 0 aliphatic carbocycles. The molecule has 0 aromatic rings. The Labute approximate surface area is 101 Å². The van der Waals surface area contributed by atoms with E-state index in [1.807, 2.05) is 0 Å². The van der Waals surface area contributed by atoms with Gasteiger partial charge >= 0.3 is 12.4 Å². The molecule has 0 spiro atoms. The molecule has 1 heterocycles. The molecule has 0 radical (unpaired) electrons. The molecule has 2 nitrogen and oxygen atoms in total. The predicted molar refractivity (Wildman–Crippen MR) is 52.0 cm³/mol. The highest BCUT2D eigenvalue weighted by Crippen LogP contribution is 2.44. The van der Waals surface area contributed by atoms with Gasteiger partial charge in [0.15, 0.2) is 5.92 Å². The highest BCUT2D eigenvalue weighted by Gasteiger charge is 2.61. The molecule has 1 saturated heterocycles. The summed E-state index contributed by atoms with van der Waals surface area (Å²) in [5.41, 5.74) is 0. The Kier molecular flexibility index (Phi) is 4.88. The van der Waals surface area contributed by atoms with Crippen LogP contribution in [0.25, 0.3) is 0 Å². The van der Waals surface area contributed by atoms with Crippen LogP contribution in [0.15, 0.2) is 0 Å². The van der Waals surface area contributed by atoms with Crippen LogP contribution in [0.2, 0.25) is 0 Å². The first-order valence-corrected chi connectivity index (χ1v) is 5.62. The SMILES string of the molecule is CCNC(C1CCOC1)C(C(F)(F)F)C(F)(F)F. The second-order valence-corrected chi connectivity index (χ2v) is 4.27. The van der Waals surface area contributed by atoms with Crippen molar-refractivity contribution in [1.82, 2.24) is 5.32 Å². The number of alkyl halides is 6. The minimum atomic E-state index is -5.31. The molecule has 18 heavy (non-hydrogen) atoms. The van der Waals surface area contributed by atoms with E-state index in [9.17, 15) is 26.3 Å². The summed E-state index contributed by atoms with van der Waals surface area (Å²) in [6, 6.07) is -1.68. The Bertz CT molecular complexity index is 244. The van der Waals surface area contributed by atoms with E-state index in [4.69, 9.17) is 4.74 Å². The van der Waals surface area contributed by atoms with Gasteiger partial charge < -0.3 is 10.1 Å². The van der Waals surface area contributed by atoms with Gasteiger partial charge in [-0.1, -0.05) is 6.92 Å². The van der Waals surface area contributed by atoms with Crippen LogP contribution >= 0.6 is 0 Å². The second kappa shape index (κ2) is 5.64. The smallest absolute Gasteiger partial charge is 0.381 e. The lowest BCUT2D eigenvalue weighted by Crippen LogP contribution is -2.54. The van der Waals surface area contributed by atoms with E-state index in [1.54, 1.807) is 0 Å². The number of rotatable bonds is 4. The van der Waals surface area contributed by atoms with Crippen molar-refractivity contribution in [2.24, 2.45) is 11.8 Å². The summed E-state index contributed by atoms with van der Waals surface area (Å²) in [7, 11) is 0. The lowest BCUT2D eigenvalue weighted by molar-refractivity contribution is -0.295. The fourth-order valence-electron chi connectivity index (χ4n) is 2.22. The molecule has 2 atom stereocenters. The number of halogens is 6. The maximum absolute atomic E-state index is 12.6. The average molecular weight is 279 g/mol. The Morgan fingerprint density at radius 3 is 2.06 bits per heavy atom. The van der Waals surface area contributed by atoms with Gasteiger partial charge in [0.1, 0.15) is 0 Å². The van der Waals surface area contributed by atoms with Gasteiger partial charge in [0, 0.05) is 18.6 Å². The summed E-state index contributed by atoms with van der Waals surface area (Å²) in [5, 5.41) is 2.32. The Morgan fingerprint density at radius 1 is 1.17 bits per heavy atom. The average Bonchev–Trinajstić information content (AvgIpc) is 2.64. The van der Waals surface area contributed by atoms with Gasteiger partial charge in [0.05, 0.1) is 6.61 Å². The van der Waals surface area contributed by atoms with Gasteiger partial charge in [-0.05, 0) is 13.0 Å². The Balaban J connectivity index is 2.97. The molecule has 0 bridgehead atoms. The van der Waals surface area contributed by atoms with Crippen LogP contribution < -0.4 is 5.32 Å². The standard InChI is InChI=1S/C10H15F6NO/c1-2-17-7(6-3-4-18-5-6)8(9(11,12)13)10(14,15)16/h6-8,17H,2-5H2,1H3. The number of ether oxygens (including phenoxy) is 1. The molecule has 0 saturated carbocycles. The van der Waals surface area contributed by atoms with Crippen LogP contribution in [0.1, 0.15) is 13.3 Å². The van der Waals surface area contributed by atoms with E-state index in [1.165, 1.54) is 6.92 Å². The first-order valence-electron chi connectivity index (χ1n) is 5.62. The Hall–Kier alpha value is -0.500. The summed E-state index contributed by atoms with van der Waals surface area (Å²) < 4.78 is 80.7. The predicted octanol–water partition coefficient (Wildman–Crippen LogP) is 2.74. The first kappa shape index (κ1) is 15.6. The summed E-state index contributed by atoms with van der Waals surface area (Å²) in [4.78, 5) is 0. The monoisotopic (exact) mass is 279 g/mol. The van der Waals surface area contributed by atoms with E-state index in [0.717, 1.165) is 0 Å². The lowest BCUT2D eigenvalue weighted by Gasteiger charge is -2.34. The van der Waals surface area contributed by atoms with Crippen LogP contribution in [0.3, 0.4) is 0 Å². The van der Waals surface area contributed by atoms with Gasteiger partial charge in [-0.25, -0.2) is 0 Å². The maximum atomic E-state index is 12.6. The fraction of sp³-hybridized carbons (Fsp3) is 1.00. The molecule has 0 amide bonds. The van der Waals surface area contributed by atoms with Crippen LogP contribution in [0.4, 0.5) is 26.3 Å². The minimum absolute atomic E-state index is 0.0455. The quantitative estimate of drug-likeness (QED) is 0.799. The molecule has 0 aromatic carbocycles. The van der Waals surface area contributed by atoms with E-state index in [-0.39, 0.29) is 26.2 Å².